The lowest BCUT2D eigenvalue weighted by molar-refractivity contribution is -0.143. The smallest absolute Gasteiger partial charge is 0.323 e. The molecule has 0 heterocycles. The Hall–Kier alpha value is -1.35. The van der Waals surface area contributed by atoms with Crippen LogP contribution in [0.3, 0.4) is 0 Å². The number of carbonyl (C=O) groups is 1. The fourth-order valence-corrected chi connectivity index (χ4v) is 2.78. The van der Waals surface area contributed by atoms with Crippen molar-refractivity contribution >= 4 is 5.97 Å². The molecule has 3 heteroatoms. The van der Waals surface area contributed by atoms with Crippen molar-refractivity contribution in [2.75, 3.05) is 0 Å². The molecule has 0 saturated carbocycles. The highest BCUT2D eigenvalue weighted by atomic mass is 16.4. The van der Waals surface area contributed by atoms with Crippen molar-refractivity contribution in [3.63, 3.8) is 0 Å². The molecule has 2 atom stereocenters. The van der Waals surface area contributed by atoms with E-state index in [-0.39, 0.29) is 0 Å². The Bertz CT molecular complexity index is 446. The normalized spacial score (nSPS) is 15.7. The molecule has 1 aromatic carbocycles. The first-order valence-corrected chi connectivity index (χ1v) is 7.30. The third-order valence-electron chi connectivity index (χ3n) is 3.70. The number of aryl methyl sites for hydroxylation is 3. The predicted octanol–water partition coefficient (Wildman–Crippen LogP) is 3.45. The maximum atomic E-state index is 11.0. The van der Waals surface area contributed by atoms with E-state index in [0.29, 0.717) is 12.3 Å². The minimum atomic E-state index is -1.11. The third kappa shape index (κ3) is 5.33. The van der Waals surface area contributed by atoms with Crippen molar-refractivity contribution in [3.05, 3.63) is 34.9 Å². The van der Waals surface area contributed by atoms with Gasteiger partial charge in [0.15, 0.2) is 0 Å². The number of rotatable bonds is 7. The van der Waals surface area contributed by atoms with Crippen molar-refractivity contribution in [1.29, 1.82) is 0 Å². The van der Waals surface area contributed by atoms with Crippen molar-refractivity contribution in [2.24, 2.45) is 11.7 Å². The lowest BCUT2D eigenvalue weighted by Gasteiger charge is -2.23. The molecule has 0 bridgehead atoms. The number of benzene rings is 1. The van der Waals surface area contributed by atoms with Gasteiger partial charge in [0.1, 0.15) is 5.54 Å². The summed E-state index contributed by atoms with van der Waals surface area (Å²) in [5.41, 5.74) is 8.64. The van der Waals surface area contributed by atoms with Gasteiger partial charge < -0.3 is 10.8 Å². The molecule has 0 amide bonds. The van der Waals surface area contributed by atoms with Gasteiger partial charge in [0.05, 0.1) is 0 Å². The monoisotopic (exact) mass is 277 g/mol. The molecule has 2 unspecified atom stereocenters. The average Bonchev–Trinajstić information content (AvgIpc) is 2.26. The summed E-state index contributed by atoms with van der Waals surface area (Å²) < 4.78 is 0. The highest BCUT2D eigenvalue weighted by Crippen LogP contribution is 2.20. The SMILES string of the molecule is Cc1cc(C)cc(CCCC(C)CC(C)(N)C(=O)O)c1. The van der Waals surface area contributed by atoms with Gasteiger partial charge >= 0.3 is 5.97 Å². The summed E-state index contributed by atoms with van der Waals surface area (Å²) in [6.07, 6.45) is 3.64. The Morgan fingerprint density at radius 1 is 1.30 bits per heavy atom. The number of hydrogen-bond donors (Lipinski definition) is 2. The van der Waals surface area contributed by atoms with Gasteiger partial charge in [0, 0.05) is 0 Å². The molecule has 0 aromatic heterocycles. The molecular weight excluding hydrogens is 250 g/mol. The molecule has 20 heavy (non-hydrogen) atoms. The first-order valence-electron chi connectivity index (χ1n) is 7.30. The number of hydrogen-bond acceptors (Lipinski definition) is 2. The van der Waals surface area contributed by atoms with Crippen LogP contribution in [0.15, 0.2) is 18.2 Å². The lowest BCUT2D eigenvalue weighted by atomic mass is 9.87. The second-order valence-corrected chi connectivity index (χ2v) is 6.42. The van der Waals surface area contributed by atoms with Gasteiger partial charge in [-0.2, -0.15) is 0 Å². The van der Waals surface area contributed by atoms with Gasteiger partial charge in [0.2, 0.25) is 0 Å². The number of nitrogens with two attached hydrogens (primary N) is 1. The molecular formula is C17H27NO2. The van der Waals surface area contributed by atoms with Crippen molar-refractivity contribution in [2.45, 2.75) is 58.9 Å². The fourth-order valence-electron chi connectivity index (χ4n) is 2.78. The van der Waals surface area contributed by atoms with Crippen LogP contribution in [0, 0.1) is 19.8 Å². The molecule has 0 aliphatic rings. The molecule has 0 saturated heterocycles. The number of aliphatic carboxylic acids is 1. The van der Waals surface area contributed by atoms with Crippen LogP contribution < -0.4 is 5.73 Å². The Morgan fingerprint density at radius 3 is 2.35 bits per heavy atom. The first kappa shape index (κ1) is 16.7. The zero-order chi connectivity index (χ0) is 15.3. The highest BCUT2D eigenvalue weighted by Gasteiger charge is 2.29. The Balaban J connectivity index is 2.42. The maximum Gasteiger partial charge on any atom is 0.323 e. The standard InChI is InChI=1S/C17H27NO2/c1-12(11-17(4,18)16(19)20)6-5-7-15-9-13(2)8-14(3)10-15/h8-10,12H,5-7,11,18H2,1-4H3,(H,19,20). The van der Waals surface area contributed by atoms with E-state index in [1.807, 2.05) is 0 Å². The molecule has 0 fully saturated rings. The molecule has 3 nitrogen and oxygen atoms in total. The molecule has 112 valence electrons. The van der Waals surface area contributed by atoms with E-state index in [4.69, 9.17) is 10.8 Å². The van der Waals surface area contributed by atoms with E-state index in [9.17, 15) is 4.79 Å². The summed E-state index contributed by atoms with van der Waals surface area (Å²) in [7, 11) is 0. The zero-order valence-corrected chi connectivity index (χ0v) is 13.1. The molecule has 1 rings (SSSR count). The van der Waals surface area contributed by atoms with Gasteiger partial charge in [-0.05, 0) is 51.5 Å². The van der Waals surface area contributed by atoms with E-state index < -0.39 is 11.5 Å². The van der Waals surface area contributed by atoms with E-state index in [0.717, 1.165) is 19.3 Å². The van der Waals surface area contributed by atoms with E-state index in [1.54, 1.807) is 6.92 Å². The van der Waals surface area contributed by atoms with Crippen LogP contribution in [0.1, 0.15) is 49.8 Å². The predicted molar refractivity (Wildman–Crippen MR) is 82.9 cm³/mol. The topological polar surface area (TPSA) is 63.3 Å². The van der Waals surface area contributed by atoms with E-state index in [2.05, 4.69) is 39.0 Å². The summed E-state index contributed by atoms with van der Waals surface area (Å²) in [5, 5.41) is 9.03. The van der Waals surface area contributed by atoms with Gasteiger partial charge in [-0.25, -0.2) is 0 Å². The van der Waals surface area contributed by atoms with Crippen LogP contribution in [0.4, 0.5) is 0 Å². The van der Waals surface area contributed by atoms with Crippen molar-refractivity contribution in [3.8, 4) is 0 Å². The van der Waals surface area contributed by atoms with Crippen LogP contribution in [0.5, 0.6) is 0 Å². The Morgan fingerprint density at radius 2 is 1.85 bits per heavy atom. The summed E-state index contributed by atoms with van der Waals surface area (Å²) in [5.74, 6) is -0.592. The Kier molecular flexibility index (Phi) is 5.75. The second kappa shape index (κ2) is 6.89. The molecule has 0 aliphatic heterocycles. The molecule has 0 spiro atoms. The number of carboxylic acids is 1. The summed E-state index contributed by atoms with van der Waals surface area (Å²) in [4.78, 5) is 11.0. The van der Waals surface area contributed by atoms with Crippen LogP contribution >= 0.6 is 0 Å². The fraction of sp³-hybridized carbons (Fsp3) is 0.588. The largest absolute Gasteiger partial charge is 0.480 e. The van der Waals surface area contributed by atoms with Crippen LogP contribution in [0.2, 0.25) is 0 Å². The van der Waals surface area contributed by atoms with Crippen molar-refractivity contribution in [1.82, 2.24) is 0 Å². The lowest BCUT2D eigenvalue weighted by Crippen LogP contribution is -2.46. The first-order chi connectivity index (χ1) is 9.20. The maximum absolute atomic E-state index is 11.0. The quantitative estimate of drug-likeness (QED) is 0.802. The van der Waals surface area contributed by atoms with E-state index in [1.165, 1.54) is 16.7 Å². The van der Waals surface area contributed by atoms with Gasteiger partial charge in [0.25, 0.3) is 0 Å². The van der Waals surface area contributed by atoms with Crippen molar-refractivity contribution < 1.29 is 9.90 Å². The zero-order valence-electron chi connectivity index (χ0n) is 13.1. The summed E-state index contributed by atoms with van der Waals surface area (Å²) in [6.45, 7) is 7.91. The van der Waals surface area contributed by atoms with Gasteiger partial charge in [-0.1, -0.05) is 42.7 Å². The average molecular weight is 277 g/mol. The number of carboxylic acid groups (broad SMARTS) is 1. The summed E-state index contributed by atoms with van der Waals surface area (Å²) >= 11 is 0. The molecule has 1 aromatic rings. The summed E-state index contributed by atoms with van der Waals surface area (Å²) in [6, 6.07) is 6.63. The van der Waals surface area contributed by atoms with Gasteiger partial charge in [-0.15, -0.1) is 0 Å². The van der Waals surface area contributed by atoms with Crippen LogP contribution in [-0.2, 0) is 11.2 Å². The minimum Gasteiger partial charge on any atom is -0.480 e. The molecule has 3 N–H and O–H groups in total. The van der Waals surface area contributed by atoms with Crippen LogP contribution in [-0.4, -0.2) is 16.6 Å². The highest BCUT2D eigenvalue weighted by molar-refractivity contribution is 5.77. The van der Waals surface area contributed by atoms with Crippen LogP contribution in [0.25, 0.3) is 0 Å². The molecule has 0 aliphatic carbocycles. The minimum absolute atomic E-state index is 0.326. The van der Waals surface area contributed by atoms with E-state index >= 15 is 0 Å². The van der Waals surface area contributed by atoms with Gasteiger partial charge in [-0.3, -0.25) is 4.79 Å². The second-order valence-electron chi connectivity index (χ2n) is 6.42. The Labute approximate surface area is 122 Å². The third-order valence-corrected chi connectivity index (χ3v) is 3.70. The molecule has 0 radical (unpaired) electrons.